The van der Waals surface area contributed by atoms with Gasteiger partial charge in [-0.15, -0.1) is 0 Å². The predicted molar refractivity (Wildman–Crippen MR) is 358 cm³/mol. The molecule has 506 valence electrons. The van der Waals surface area contributed by atoms with Gasteiger partial charge in [-0.1, -0.05) is 84.0 Å². The van der Waals surface area contributed by atoms with E-state index in [9.17, 15) is 24.0 Å². The van der Waals surface area contributed by atoms with Gasteiger partial charge in [0.2, 0.25) is 5.91 Å². The molecule has 0 saturated carbocycles. The summed E-state index contributed by atoms with van der Waals surface area (Å²) in [7, 11) is 5.52. The minimum Gasteiger partial charge on any atom is -0.462 e. The van der Waals surface area contributed by atoms with Crippen molar-refractivity contribution in [3.8, 4) is 12.1 Å². The fourth-order valence-corrected chi connectivity index (χ4v) is 13.4. The maximum atomic E-state index is 15.2. The number of nitriles is 1. The average Bonchev–Trinajstić information content (AvgIpc) is 1.63. The van der Waals surface area contributed by atoms with Crippen LogP contribution in [0.25, 0.3) is 10.8 Å². The third-order valence-electron chi connectivity index (χ3n) is 16.6. The lowest BCUT2D eigenvalue weighted by molar-refractivity contribution is -0.128. The number of ether oxygens (including phenoxy) is 6. The van der Waals surface area contributed by atoms with Crippen LogP contribution in [0, 0.1) is 23.0 Å². The Morgan fingerprint density at radius 3 is 2.30 bits per heavy atom. The number of urea groups is 1. The van der Waals surface area contributed by atoms with Crippen LogP contribution in [0.1, 0.15) is 75.3 Å². The molecule has 0 radical (unpaired) electrons. The topological polar surface area (TPSA) is 212 Å². The minimum atomic E-state index is -1.24. The number of piperazine rings is 1. The van der Waals surface area contributed by atoms with Gasteiger partial charge < -0.3 is 58.2 Å². The quantitative estimate of drug-likeness (QED) is 0.0248. The highest BCUT2D eigenvalue weighted by molar-refractivity contribution is 8.15. The molecule has 0 spiro atoms. The number of benzene rings is 4. The van der Waals surface area contributed by atoms with Crippen LogP contribution < -0.4 is 19.9 Å². The summed E-state index contributed by atoms with van der Waals surface area (Å²) >= 11 is 7.91. The van der Waals surface area contributed by atoms with E-state index >= 15 is 4.39 Å². The van der Waals surface area contributed by atoms with Gasteiger partial charge in [0.25, 0.3) is 0 Å². The number of aromatic nitrogens is 2. The van der Waals surface area contributed by atoms with E-state index in [0.717, 1.165) is 94.5 Å². The molecule has 5 aromatic rings. The van der Waals surface area contributed by atoms with Crippen LogP contribution >= 0.6 is 23.4 Å². The molecule has 22 nitrogen and oxygen atoms in total. The molecule has 1 unspecified atom stereocenters. The summed E-state index contributed by atoms with van der Waals surface area (Å²) < 4.78 is 64.4. The van der Waals surface area contributed by atoms with E-state index in [2.05, 4.69) is 67.4 Å². The van der Waals surface area contributed by atoms with E-state index in [1.54, 1.807) is 31.7 Å². The molecule has 1 aromatic heterocycles. The largest absolute Gasteiger partial charge is 0.462 e. The summed E-state index contributed by atoms with van der Waals surface area (Å²) in [5.41, 5.74) is 2.89. The standard InChI is InChI=1S/C68H87ClF2N12O10S/c1-67(2,3)93-65(85)73-29-14-27-68(50-17-8-7-9-18-50)83(76-63(94-68)55-45-51(70)23-24-57(55)71)66(86)79(6)92-44-43-90-42-41-89-40-39-88-38-37-87-36-35-77(4)30-13-22-60(84)82-34-33-81(46-52(82)25-28-72)62-54-26-32-80(59-21-11-16-49-15-10-20-56(69)61(49)59)47-58(54)74-64(75-62)91-48-53-19-12-31-78(53)5/h7-11,13,15-18,20-24,45,52-53H,12,14,19,25-27,29-44,46-48H2,1-6H3,(H,73,85)/b22-13+/t52-,53-,68?/m0/s1. The first-order chi connectivity index (χ1) is 45.4. The van der Waals surface area contributed by atoms with Crippen LogP contribution in [0.5, 0.6) is 6.01 Å². The average molecular weight is 1340 g/mol. The van der Waals surface area contributed by atoms with E-state index in [-0.39, 0.29) is 67.8 Å². The molecule has 9 rings (SSSR count). The Morgan fingerprint density at radius 1 is 0.862 bits per heavy atom. The molecule has 0 aliphatic carbocycles. The Kier molecular flexibility index (Phi) is 26.0. The van der Waals surface area contributed by atoms with E-state index < -0.39 is 34.2 Å². The summed E-state index contributed by atoms with van der Waals surface area (Å²) in [5.74, 6) is -0.697. The number of fused-ring (bicyclic) bond motifs is 2. The number of hydrogen-bond acceptors (Lipinski definition) is 19. The second kappa shape index (κ2) is 34.4. The Balaban J connectivity index is 0.654. The Labute approximate surface area is 558 Å². The number of alkyl carbamates (subject to hydrolysis) is 1. The molecule has 3 atom stereocenters. The summed E-state index contributed by atoms with van der Waals surface area (Å²) in [6.45, 7) is 13.5. The Morgan fingerprint density at radius 2 is 1.59 bits per heavy atom. The van der Waals surface area contributed by atoms with Gasteiger partial charge >= 0.3 is 18.1 Å². The van der Waals surface area contributed by atoms with Gasteiger partial charge in [-0.25, -0.2) is 23.4 Å². The number of rotatable bonds is 31. The SMILES string of the molecule is CN(C/C=C/C(=O)N1CCN(c2nc(OC[C@@H]3CCCN3C)nc3c2CCN(c2cccc4cccc(Cl)c24)C3)C[C@@H]1CC#N)CCOCCOCCOCCOCCON(C)C(=O)N1N=C(c2cc(F)ccc2F)SC1(CCCNC(=O)OC(C)(C)C)c1ccccc1. The molecule has 26 heteroatoms. The molecule has 94 heavy (non-hydrogen) atoms. The van der Waals surface area contributed by atoms with Crippen LogP contribution in [-0.2, 0) is 51.2 Å². The second-order valence-corrected chi connectivity index (χ2v) is 26.1. The molecule has 5 heterocycles. The van der Waals surface area contributed by atoms with Gasteiger partial charge in [0.15, 0.2) is 0 Å². The monoisotopic (exact) mass is 1340 g/mol. The third kappa shape index (κ3) is 19.2. The number of carbonyl (C=O) groups is 3. The van der Waals surface area contributed by atoms with Crippen LogP contribution in [0.4, 0.5) is 29.9 Å². The number of likely N-dealkylation sites (tertiary alicyclic amines) is 1. The van der Waals surface area contributed by atoms with E-state index in [4.69, 9.17) is 54.8 Å². The molecule has 4 aromatic carbocycles. The van der Waals surface area contributed by atoms with Crippen LogP contribution in [-0.4, -0.2) is 215 Å². The lowest BCUT2D eigenvalue weighted by Crippen LogP contribution is -2.55. The predicted octanol–water partition coefficient (Wildman–Crippen LogP) is 9.63. The number of hydroxylamine groups is 2. The Hall–Kier alpha value is -7.25. The minimum absolute atomic E-state index is 0.00591. The highest BCUT2D eigenvalue weighted by Gasteiger charge is 2.50. The molecule has 2 saturated heterocycles. The number of halogens is 3. The normalized spacial score (nSPS) is 18.5. The van der Waals surface area contributed by atoms with Crippen molar-refractivity contribution in [2.24, 2.45) is 5.10 Å². The first-order valence-corrected chi connectivity index (χ1v) is 33.3. The van der Waals surface area contributed by atoms with Crippen molar-refractivity contribution >= 4 is 68.7 Å². The number of anilines is 2. The third-order valence-corrected chi connectivity index (χ3v) is 18.3. The van der Waals surface area contributed by atoms with E-state index in [1.165, 1.54) is 12.1 Å². The lowest BCUT2D eigenvalue weighted by atomic mass is 10.0. The second-order valence-electron chi connectivity index (χ2n) is 24.5. The Bertz CT molecular complexity index is 3450. The number of likely N-dealkylation sites (N-methyl/N-ethyl adjacent to an activating group) is 2. The maximum Gasteiger partial charge on any atom is 0.407 e. The molecule has 4 aliphatic rings. The number of carbonyl (C=O) groups excluding carboxylic acids is 3. The van der Waals surface area contributed by atoms with Crippen molar-refractivity contribution in [1.82, 2.24) is 40.1 Å². The lowest BCUT2D eigenvalue weighted by Gasteiger charge is -2.42. The van der Waals surface area contributed by atoms with Crippen molar-refractivity contribution in [2.45, 2.75) is 88.4 Å². The number of thioether (sulfide) groups is 1. The zero-order chi connectivity index (χ0) is 66.6. The fraction of sp³-hybridized carbons (Fsp3) is 0.515. The van der Waals surface area contributed by atoms with Gasteiger partial charge in [0.1, 0.15) is 39.6 Å². The van der Waals surface area contributed by atoms with Gasteiger partial charge in [-0.3, -0.25) is 9.63 Å². The smallest absolute Gasteiger partial charge is 0.407 e. The van der Waals surface area contributed by atoms with Crippen LogP contribution in [0.3, 0.4) is 0 Å². The molecular formula is C68H87ClF2N12O10S. The van der Waals surface area contributed by atoms with Gasteiger partial charge in [-0.2, -0.15) is 25.3 Å². The van der Waals surface area contributed by atoms with E-state index in [1.807, 2.05) is 55.6 Å². The molecule has 2 fully saturated rings. The molecule has 4 amide bonds. The van der Waals surface area contributed by atoms with Gasteiger partial charge in [-0.05, 0) is 115 Å². The number of nitrogens with zero attached hydrogens (tertiary/aromatic N) is 11. The van der Waals surface area contributed by atoms with Gasteiger partial charge in [0.05, 0.1) is 95.3 Å². The molecule has 0 bridgehead atoms. The van der Waals surface area contributed by atoms with Crippen molar-refractivity contribution < 1.29 is 56.4 Å². The molecule has 4 aliphatic heterocycles. The van der Waals surface area contributed by atoms with Crippen molar-refractivity contribution in [3.05, 3.63) is 136 Å². The summed E-state index contributed by atoms with van der Waals surface area (Å²) in [4.78, 5) is 65.9. The van der Waals surface area contributed by atoms with Crippen molar-refractivity contribution in [1.29, 1.82) is 5.26 Å². The number of nitrogens with one attached hydrogen (secondary N) is 1. The number of hydrogen-bond donors (Lipinski definition) is 1. The summed E-state index contributed by atoms with van der Waals surface area (Å²) in [6, 6.07) is 26.4. The highest BCUT2D eigenvalue weighted by Crippen LogP contribution is 2.51. The van der Waals surface area contributed by atoms with Crippen LogP contribution in [0.2, 0.25) is 5.02 Å². The fourth-order valence-electron chi connectivity index (χ4n) is 11.7. The zero-order valence-electron chi connectivity index (χ0n) is 54.6. The summed E-state index contributed by atoms with van der Waals surface area (Å²) in [6.07, 6.45) is 6.53. The number of amides is 4. The van der Waals surface area contributed by atoms with Gasteiger partial charge in [0, 0.05) is 87.2 Å². The molecular weight excluding hydrogens is 1250 g/mol. The first-order valence-electron chi connectivity index (χ1n) is 32.1. The molecule has 1 N–H and O–H groups in total. The van der Waals surface area contributed by atoms with Crippen LogP contribution in [0.15, 0.2) is 102 Å². The zero-order valence-corrected chi connectivity index (χ0v) is 56.2. The van der Waals surface area contributed by atoms with Crippen molar-refractivity contribution in [2.75, 3.05) is 149 Å². The number of hydrazone groups is 1. The first kappa shape index (κ1) is 71.1. The maximum absolute atomic E-state index is 15.2. The highest BCUT2D eigenvalue weighted by atomic mass is 35.5. The van der Waals surface area contributed by atoms with Crippen molar-refractivity contribution in [3.63, 3.8) is 0 Å². The van der Waals surface area contributed by atoms with E-state index in [0.29, 0.717) is 115 Å². The summed E-state index contributed by atoms with van der Waals surface area (Å²) in [5, 5.41) is 22.5.